The summed E-state index contributed by atoms with van der Waals surface area (Å²) >= 11 is 0. The van der Waals surface area contributed by atoms with Crippen LogP contribution in [-0.4, -0.2) is 26.8 Å². The third-order valence-corrected chi connectivity index (χ3v) is 3.35. The normalized spacial score (nSPS) is 10.6. The quantitative estimate of drug-likeness (QED) is 0.731. The molecule has 0 unspecified atom stereocenters. The van der Waals surface area contributed by atoms with Crippen molar-refractivity contribution in [2.24, 2.45) is 0 Å². The van der Waals surface area contributed by atoms with Crippen molar-refractivity contribution in [1.82, 2.24) is 20.2 Å². The van der Waals surface area contributed by atoms with E-state index in [-0.39, 0.29) is 0 Å². The lowest BCUT2D eigenvalue weighted by Gasteiger charge is -2.09. The van der Waals surface area contributed by atoms with E-state index in [9.17, 15) is 0 Å². The van der Waals surface area contributed by atoms with Gasteiger partial charge in [0.15, 0.2) is 5.82 Å². The zero-order chi connectivity index (χ0) is 15.4. The van der Waals surface area contributed by atoms with Crippen molar-refractivity contribution >= 4 is 5.69 Å². The molecule has 2 aromatic carbocycles. The van der Waals surface area contributed by atoms with Crippen molar-refractivity contribution in [3.8, 4) is 17.1 Å². The number of tetrazole rings is 1. The van der Waals surface area contributed by atoms with E-state index >= 15 is 0 Å². The van der Waals surface area contributed by atoms with E-state index in [1.807, 2.05) is 49.4 Å². The summed E-state index contributed by atoms with van der Waals surface area (Å²) in [7, 11) is 0. The maximum atomic E-state index is 5.72. The van der Waals surface area contributed by atoms with Gasteiger partial charge >= 0.3 is 0 Å². The average Bonchev–Trinajstić information content (AvgIpc) is 2.96. The van der Waals surface area contributed by atoms with Gasteiger partial charge < -0.3 is 10.5 Å². The highest BCUT2D eigenvalue weighted by Gasteiger charge is 2.10. The molecule has 3 aromatic rings. The Morgan fingerprint density at radius 2 is 2.00 bits per heavy atom. The first kappa shape index (κ1) is 14.1. The number of aromatic nitrogens is 4. The second-order valence-electron chi connectivity index (χ2n) is 4.96. The van der Waals surface area contributed by atoms with Crippen molar-refractivity contribution < 1.29 is 4.74 Å². The van der Waals surface area contributed by atoms with Gasteiger partial charge in [0.05, 0.1) is 6.54 Å². The Balaban J connectivity index is 1.70. The first-order valence-corrected chi connectivity index (χ1v) is 7.04. The van der Waals surface area contributed by atoms with E-state index in [4.69, 9.17) is 10.5 Å². The summed E-state index contributed by atoms with van der Waals surface area (Å²) in [6.45, 7) is 3.07. The number of benzene rings is 2. The van der Waals surface area contributed by atoms with Gasteiger partial charge in [-0.1, -0.05) is 30.3 Å². The van der Waals surface area contributed by atoms with E-state index in [1.54, 1.807) is 10.7 Å². The van der Waals surface area contributed by atoms with Gasteiger partial charge in [-0.25, -0.2) is 4.68 Å². The summed E-state index contributed by atoms with van der Waals surface area (Å²) in [5.41, 5.74) is 8.56. The van der Waals surface area contributed by atoms with E-state index in [1.165, 1.54) is 0 Å². The molecule has 0 spiro atoms. The van der Waals surface area contributed by atoms with Crippen LogP contribution < -0.4 is 10.5 Å². The van der Waals surface area contributed by atoms with Crippen LogP contribution in [0.4, 0.5) is 5.69 Å². The molecular formula is C16H17N5O. The molecule has 0 radical (unpaired) electrons. The predicted octanol–water partition coefficient (Wildman–Crippen LogP) is 2.31. The number of ether oxygens (including phenoxy) is 1. The number of anilines is 1. The Kier molecular flexibility index (Phi) is 4.00. The maximum absolute atomic E-state index is 5.72. The molecule has 0 fully saturated rings. The highest BCUT2D eigenvalue weighted by Crippen LogP contribution is 2.20. The lowest BCUT2D eigenvalue weighted by atomic mass is 10.1. The van der Waals surface area contributed by atoms with Crippen molar-refractivity contribution in [3.05, 3.63) is 54.1 Å². The Morgan fingerprint density at radius 3 is 2.82 bits per heavy atom. The first-order chi connectivity index (χ1) is 10.7. The fraction of sp³-hybridized carbons (Fsp3) is 0.188. The van der Waals surface area contributed by atoms with Crippen LogP contribution in [0.1, 0.15) is 5.56 Å². The lowest BCUT2D eigenvalue weighted by molar-refractivity contribution is 0.291. The van der Waals surface area contributed by atoms with Gasteiger partial charge in [-0.3, -0.25) is 0 Å². The summed E-state index contributed by atoms with van der Waals surface area (Å²) in [5.74, 6) is 1.49. The van der Waals surface area contributed by atoms with Crippen molar-refractivity contribution in [2.45, 2.75) is 13.5 Å². The van der Waals surface area contributed by atoms with Gasteiger partial charge in [0.25, 0.3) is 0 Å². The smallest absolute Gasteiger partial charge is 0.182 e. The molecule has 0 aliphatic heterocycles. The summed E-state index contributed by atoms with van der Waals surface area (Å²) in [5, 5.41) is 11.9. The number of hydrogen-bond donors (Lipinski definition) is 1. The minimum absolute atomic E-state index is 0.466. The molecule has 22 heavy (non-hydrogen) atoms. The SMILES string of the molecule is Cc1ccccc1-c1nnnn1CCOc1cccc(N)c1. The van der Waals surface area contributed by atoms with Crippen molar-refractivity contribution in [2.75, 3.05) is 12.3 Å². The third kappa shape index (κ3) is 3.06. The highest BCUT2D eigenvalue weighted by molar-refractivity contribution is 5.59. The van der Waals surface area contributed by atoms with Gasteiger partial charge in [-0.2, -0.15) is 0 Å². The van der Waals surface area contributed by atoms with Crippen LogP contribution in [0.25, 0.3) is 11.4 Å². The van der Waals surface area contributed by atoms with Crippen LogP contribution in [-0.2, 0) is 6.54 Å². The number of nitrogen functional groups attached to an aromatic ring is 1. The minimum Gasteiger partial charge on any atom is -0.492 e. The zero-order valence-corrected chi connectivity index (χ0v) is 12.3. The molecule has 0 saturated carbocycles. The van der Waals surface area contributed by atoms with Crippen LogP contribution in [0.2, 0.25) is 0 Å². The van der Waals surface area contributed by atoms with Crippen molar-refractivity contribution in [3.63, 3.8) is 0 Å². The van der Waals surface area contributed by atoms with E-state index in [0.717, 1.165) is 22.7 Å². The highest BCUT2D eigenvalue weighted by atomic mass is 16.5. The molecular weight excluding hydrogens is 278 g/mol. The lowest BCUT2D eigenvalue weighted by Crippen LogP contribution is -2.11. The number of rotatable bonds is 5. The molecule has 2 N–H and O–H groups in total. The summed E-state index contributed by atoms with van der Waals surface area (Å²) in [6.07, 6.45) is 0. The molecule has 1 aromatic heterocycles. The molecule has 6 nitrogen and oxygen atoms in total. The number of aryl methyl sites for hydroxylation is 1. The maximum Gasteiger partial charge on any atom is 0.182 e. The van der Waals surface area contributed by atoms with Gasteiger partial charge in [0, 0.05) is 17.3 Å². The molecule has 0 bridgehead atoms. The molecule has 0 aliphatic rings. The van der Waals surface area contributed by atoms with Crippen LogP contribution in [0.5, 0.6) is 5.75 Å². The average molecular weight is 295 g/mol. The fourth-order valence-electron chi connectivity index (χ4n) is 2.23. The molecule has 0 saturated heterocycles. The van der Waals surface area contributed by atoms with Gasteiger partial charge in [0.1, 0.15) is 12.4 Å². The molecule has 112 valence electrons. The Hall–Kier alpha value is -2.89. The molecule has 1 heterocycles. The molecule has 3 rings (SSSR count). The van der Waals surface area contributed by atoms with Crippen LogP contribution in [0.3, 0.4) is 0 Å². The summed E-state index contributed by atoms with van der Waals surface area (Å²) in [6, 6.07) is 15.4. The number of hydrogen-bond acceptors (Lipinski definition) is 5. The van der Waals surface area contributed by atoms with E-state index in [0.29, 0.717) is 18.8 Å². The van der Waals surface area contributed by atoms with Gasteiger partial charge in [0.2, 0.25) is 0 Å². The largest absolute Gasteiger partial charge is 0.492 e. The van der Waals surface area contributed by atoms with Gasteiger partial charge in [-0.05, 0) is 35.0 Å². The summed E-state index contributed by atoms with van der Waals surface area (Å²) < 4.78 is 7.43. The van der Waals surface area contributed by atoms with E-state index < -0.39 is 0 Å². The van der Waals surface area contributed by atoms with Crippen molar-refractivity contribution in [1.29, 1.82) is 0 Å². The molecule has 0 amide bonds. The standard InChI is InChI=1S/C16H17N5O/c1-12-5-2-3-8-15(12)16-18-19-20-21(16)9-10-22-14-7-4-6-13(17)11-14/h2-8,11H,9-10,17H2,1H3. The minimum atomic E-state index is 0.466. The third-order valence-electron chi connectivity index (χ3n) is 3.35. The number of nitrogens with zero attached hydrogens (tertiary/aromatic N) is 4. The monoisotopic (exact) mass is 295 g/mol. The van der Waals surface area contributed by atoms with E-state index in [2.05, 4.69) is 15.5 Å². The van der Waals surface area contributed by atoms with Crippen LogP contribution >= 0.6 is 0 Å². The fourth-order valence-corrected chi connectivity index (χ4v) is 2.23. The topological polar surface area (TPSA) is 78.8 Å². The molecule has 0 aliphatic carbocycles. The first-order valence-electron chi connectivity index (χ1n) is 7.04. The molecule has 6 heteroatoms. The zero-order valence-electron chi connectivity index (χ0n) is 12.3. The second-order valence-corrected chi connectivity index (χ2v) is 4.96. The molecule has 0 atom stereocenters. The summed E-state index contributed by atoms with van der Waals surface area (Å²) in [4.78, 5) is 0. The van der Waals surface area contributed by atoms with Crippen LogP contribution in [0.15, 0.2) is 48.5 Å². The predicted molar refractivity (Wildman–Crippen MR) is 84.3 cm³/mol. The Labute approximate surface area is 128 Å². The number of nitrogens with two attached hydrogens (primary N) is 1. The van der Waals surface area contributed by atoms with Gasteiger partial charge in [-0.15, -0.1) is 5.10 Å². The Morgan fingerprint density at radius 1 is 1.14 bits per heavy atom. The Bertz CT molecular complexity index is 768. The van der Waals surface area contributed by atoms with Crippen LogP contribution in [0, 0.1) is 6.92 Å². The second kappa shape index (κ2) is 6.26.